The summed E-state index contributed by atoms with van der Waals surface area (Å²) in [6.07, 6.45) is 0. The van der Waals surface area contributed by atoms with Crippen molar-refractivity contribution in [3.8, 4) is 23.0 Å². The molecule has 0 aliphatic rings. The van der Waals surface area contributed by atoms with E-state index >= 15 is 0 Å². The summed E-state index contributed by atoms with van der Waals surface area (Å²) in [5.41, 5.74) is 0.492. The number of rotatable bonds is 8. The Morgan fingerprint density at radius 3 is 1.65 bits per heavy atom. The fourth-order valence-corrected chi connectivity index (χ4v) is 3.12. The molecular weight excluding hydrogens is 440 g/mol. The predicted octanol–water partition coefficient (Wildman–Crippen LogP) is 6.32. The Labute approximate surface area is 193 Å². The number of carbonyl (C=O) groups is 1. The van der Waals surface area contributed by atoms with E-state index in [4.69, 9.17) is 9.47 Å². The zero-order valence-electron chi connectivity index (χ0n) is 17.5. The molecule has 4 aromatic rings. The molecule has 0 aliphatic carbocycles. The quantitative estimate of drug-likeness (QED) is 0.173. The molecule has 0 aromatic heterocycles. The average molecular weight is 456 g/mol. The van der Waals surface area contributed by atoms with Crippen LogP contribution < -0.4 is 9.47 Å². The summed E-state index contributed by atoms with van der Waals surface area (Å²) in [4.78, 5) is 33.9. The van der Waals surface area contributed by atoms with E-state index in [1.54, 1.807) is 42.5 Å². The molecule has 4 aromatic carbocycles. The molecule has 9 heteroatoms. The third-order valence-electron chi connectivity index (χ3n) is 4.79. The molecule has 0 saturated carbocycles. The third kappa shape index (κ3) is 5.05. The predicted molar refractivity (Wildman–Crippen MR) is 123 cm³/mol. The SMILES string of the molecule is O=C(c1ccccc1)c1cc(Oc2ccc([N+](=O)[O-])cc2)ccc1Oc1ccc([N+](=O)[O-])cc1. The van der Waals surface area contributed by atoms with Crippen molar-refractivity contribution < 1.29 is 24.1 Å². The number of benzene rings is 4. The van der Waals surface area contributed by atoms with Gasteiger partial charge in [0, 0.05) is 29.8 Å². The molecule has 0 amide bonds. The fourth-order valence-electron chi connectivity index (χ4n) is 3.12. The smallest absolute Gasteiger partial charge is 0.269 e. The van der Waals surface area contributed by atoms with E-state index in [1.165, 1.54) is 54.6 Å². The number of hydrogen-bond donors (Lipinski definition) is 0. The third-order valence-corrected chi connectivity index (χ3v) is 4.79. The minimum atomic E-state index is -0.515. The second kappa shape index (κ2) is 9.61. The van der Waals surface area contributed by atoms with Crippen LogP contribution in [0, 0.1) is 20.2 Å². The molecule has 0 heterocycles. The van der Waals surface area contributed by atoms with Crippen LogP contribution in [0.3, 0.4) is 0 Å². The molecule has 0 bridgehead atoms. The van der Waals surface area contributed by atoms with E-state index in [1.807, 2.05) is 0 Å². The summed E-state index contributed by atoms with van der Waals surface area (Å²) >= 11 is 0. The van der Waals surface area contributed by atoms with Crippen molar-refractivity contribution in [3.63, 3.8) is 0 Å². The lowest BCUT2D eigenvalue weighted by Gasteiger charge is -2.13. The van der Waals surface area contributed by atoms with Crippen LogP contribution in [0.2, 0.25) is 0 Å². The van der Waals surface area contributed by atoms with Gasteiger partial charge >= 0.3 is 0 Å². The van der Waals surface area contributed by atoms with Gasteiger partial charge in [-0.3, -0.25) is 25.0 Å². The number of carbonyl (C=O) groups excluding carboxylic acids is 1. The zero-order chi connectivity index (χ0) is 24.1. The van der Waals surface area contributed by atoms with E-state index in [0.29, 0.717) is 22.8 Å². The minimum absolute atomic E-state index is 0.0702. The van der Waals surface area contributed by atoms with Crippen LogP contribution in [0.5, 0.6) is 23.0 Å². The van der Waals surface area contributed by atoms with Crippen LogP contribution >= 0.6 is 0 Å². The maximum atomic E-state index is 13.2. The maximum Gasteiger partial charge on any atom is 0.269 e. The van der Waals surface area contributed by atoms with Crippen molar-refractivity contribution in [2.45, 2.75) is 0 Å². The zero-order valence-corrected chi connectivity index (χ0v) is 17.5. The first-order chi connectivity index (χ1) is 16.4. The molecule has 0 spiro atoms. The van der Waals surface area contributed by atoms with Gasteiger partial charge in [-0.05, 0) is 42.5 Å². The molecule has 0 unspecified atom stereocenters. The van der Waals surface area contributed by atoms with Gasteiger partial charge in [-0.1, -0.05) is 30.3 Å². The van der Waals surface area contributed by atoms with Gasteiger partial charge in [0.1, 0.15) is 23.0 Å². The van der Waals surface area contributed by atoms with Crippen molar-refractivity contribution in [1.82, 2.24) is 0 Å². The second-order valence-corrected chi connectivity index (χ2v) is 7.06. The molecule has 0 saturated heterocycles. The number of nitro benzene ring substituents is 2. The number of non-ortho nitro benzene ring substituents is 2. The molecule has 4 rings (SSSR count). The minimum Gasteiger partial charge on any atom is -0.457 e. The summed E-state index contributed by atoms with van der Waals surface area (Å²) in [6, 6.07) is 24.3. The summed E-state index contributed by atoms with van der Waals surface area (Å²) in [5.74, 6) is 0.916. The van der Waals surface area contributed by atoms with Crippen molar-refractivity contribution in [3.05, 3.63) is 128 Å². The van der Waals surface area contributed by atoms with E-state index < -0.39 is 9.85 Å². The van der Waals surface area contributed by atoms with Crippen LogP contribution in [0.1, 0.15) is 15.9 Å². The molecule has 9 nitrogen and oxygen atoms in total. The summed E-state index contributed by atoms with van der Waals surface area (Å²) in [6.45, 7) is 0. The average Bonchev–Trinajstić information content (AvgIpc) is 2.85. The highest BCUT2D eigenvalue weighted by molar-refractivity contribution is 6.11. The van der Waals surface area contributed by atoms with Gasteiger partial charge in [-0.25, -0.2) is 0 Å². The standard InChI is InChI=1S/C25H16N2O7/c28-25(17-4-2-1-3-5-17)23-16-22(33-20-10-6-18(7-11-20)26(29)30)14-15-24(23)34-21-12-8-19(9-13-21)27(31)32/h1-16H. The Morgan fingerprint density at radius 1 is 0.618 bits per heavy atom. The van der Waals surface area contributed by atoms with Crippen molar-refractivity contribution in [1.29, 1.82) is 0 Å². The number of ketones is 1. The highest BCUT2D eigenvalue weighted by atomic mass is 16.6. The van der Waals surface area contributed by atoms with E-state index in [2.05, 4.69) is 0 Å². The Morgan fingerprint density at radius 2 is 1.12 bits per heavy atom. The summed E-state index contributed by atoms with van der Waals surface area (Å²) < 4.78 is 11.6. The lowest BCUT2D eigenvalue weighted by Crippen LogP contribution is -2.04. The highest BCUT2D eigenvalue weighted by Gasteiger charge is 2.18. The van der Waals surface area contributed by atoms with Gasteiger partial charge in [0.15, 0.2) is 5.78 Å². The van der Waals surface area contributed by atoms with Crippen LogP contribution in [0.4, 0.5) is 11.4 Å². The number of hydrogen-bond acceptors (Lipinski definition) is 7. The van der Waals surface area contributed by atoms with Crippen LogP contribution in [0.15, 0.2) is 97.1 Å². The molecule has 0 fully saturated rings. The lowest BCUT2D eigenvalue weighted by atomic mass is 10.0. The molecule has 34 heavy (non-hydrogen) atoms. The van der Waals surface area contributed by atoms with E-state index in [9.17, 15) is 25.0 Å². The van der Waals surface area contributed by atoms with Crippen LogP contribution in [0.25, 0.3) is 0 Å². The Kier molecular flexibility index (Phi) is 6.26. The molecule has 168 valence electrons. The topological polar surface area (TPSA) is 122 Å². The Bertz CT molecular complexity index is 1350. The first-order valence-corrected chi connectivity index (χ1v) is 9.99. The van der Waals surface area contributed by atoms with E-state index in [0.717, 1.165) is 0 Å². The highest BCUT2D eigenvalue weighted by Crippen LogP contribution is 2.33. The van der Waals surface area contributed by atoms with E-state index in [-0.39, 0.29) is 28.5 Å². The summed E-state index contributed by atoms with van der Waals surface area (Å²) in [7, 11) is 0. The lowest BCUT2D eigenvalue weighted by molar-refractivity contribution is -0.385. The van der Waals surface area contributed by atoms with Crippen molar-refractivity contribution >= 4 is 17.2 Å². The molecular formula is C25H16N2O7. The van der Waals surface area contributed by atoms with Crippen LogP contribution in [-0.2, 0) is 0 Å². The van der Waals surface area contributed by atoms with Gasteiger partial charge in [-0.2, -0.15) is 0 Å². The molecule has 0 atom stereocenters. The normalized spacial score (nSPS) is 10.4. The van der Waals surface area contributed by atoms with Crippen molar-refractivity contribution in [2.75, 3.05) is 0 Å². The first-order valence-electron chi connectivity index (χ1n) is 9.99. The monoisotopic (exact) mass is 456 g/mol. The largest absolute Gasteiger partial charge is 0.457 e. The van der Waals surface area contributed by atoms with Gasteiger partial charge in [-0.15, -0.1) is 0 Å². The number of nitrogens with zero attached hydrogens (tertiary/aromatic N) is 2. The molecule has 0 radical (unpaired) electrons. The second-order valence-electron chi connectivity index (χ2n) is 7.06. The van der Waals surface area contributed by atoms with Gasteiger partial charge in [0.05, 0.1) is 15.4 Å². The first kappa shape index (κ1) is 22.2. The van der Waals surface area contributed by atoms with Crippen LogP contribution in [-0.4, -0.2) is 15.6 Å². The Balaban J connectivity index is 1.67. The number of ether oxygens (including phenoxy) is 2. The van der Waals surface area contributed by atoms with Gasteiger partial charge in [0.25, 0.3) is 11.4 Å². The Hall–Kier alpha value is -5.05. The van der Waals surface area contributed by atoms with Gasteiger partial charge < -0.3 is 9.47 Å². The van der Waals surface area contributed by atoms with Crippen molar-refractivity contribution in [2.24, 2.45) is 0 Å². The number of nitro groups is 2. The van der Waals surface area contributed by atoms with Gasteiger partial charge in [0.2, 0.25) is 0 Å². The fraction of sp³-hybridized carbons (Fsp3) is 0. The maximum absolute atomic E-state index is 13.2. The summed E-state index contributed by atoms with van der Waals surface area (Å²) in [5, 5.41) is 21.7. The molecule has 0 aliphatic heterocycles. The molecule has 0 N–H and O–H groups in total.